The zero-order valence-electron chi connectivity index (χ0n) is 9.53. The zero-order chi connectivity index (χ0) is 11.7. The molecule has 3 N–H and O–H groups in total. The van der Waals surface area contributed by atoms with Crippen molar-refractivity contribution in [3.63, 3.8) is 0 Å². The molecule has 1 unspecified atom stereocenters. The fourth-order valence-corrected chi connectivity index (χ4v) is 1.96. The fourth-order valence-electron chi connectivity index (χ4n) is 1.27. The predicted octanol–water partition coefficient (Wildman–Crippen LogP) is 0.0697. The van der Waals surface area contributed by atoms with E-state index in [4.69, 9.17) is 10.6 Å². The Morgan fingerprint density at radius 3 is 2.53 bits per heavy atom. The number of sulfone groups is 1. The second-order valence-corrected chi connectivity index (χ2v) is 5.88. The van der Waals surface area contributed by atoms with E-state index in [9.17, 15) is 8.42 Å². The molecule has 0 aliphatic carbocycles. The minimum absolute atomic E-state index is 0.137. The number of rotatable bonds is 9. The summed E-state index contributed by atoms with van der Waals surface area (Å²) in [6, 6.07) is 0.137. The number of hydrogen-bond donors (Lipinski definition) is 2. The van der Waals surface area contributed by atoms with Crippen molar-refractivity contribution in [1.82, 2.24) is 5.43 Å². The van der Waals surface area contributed by atoms with Crippen LogP contribution in [0.15, 0.2) is 0 Å². The van der Waals surface area contributed by atoms with Crippen molar-refractivity contribution in [2.45, 2.75) is 32.2 Å². The highest BCUT2D eigenvalue weighted by molar-refractivity contribution is 7.90. The van der Waals surface area contributed by atoms with Gasteiger partial charge in [-0.15, -0.1) is 0 Å². The van der Waals surface area contributed by atoms with E-state index in [0.717, 1.165) is 12.8 Å². The van der Waals surface area contributed by atoms with Crippen LogP contribution in [-0.4, -0.2) is 39.7 Å². The second kappa shape index (κ2) is 8.04. The van der Waals surface area contributed by atoms with Crippen molar-refractivity contribution in [2.24, 2.45) is 5.84 Å². The van der Waals surface area contributed by atoms with E-state index in [2.05, 4.69) is 5.43 Å². The van der Waals surface area contributed by atoms with Gasteiger partial charge in [0.05, 0.1) is 0 Å². The van der Waals surface area contributed by atoms with Crippen LogP contribution in [0.3, 0.4) is 0 Å². The predicted molar refractivity (Wildman–Crippen MR) is 61.2 cm³/mol. The normalized spacial score (nSPS) is 14.1. The van der Waals surface area contributed by atoms with Crippen LogP contribution < -0.4 is 11.3 Å². The standard InChI is InChI=1S/C9H22N2O3S/c1-3-14-7-6-9(11-10)5-4-8-15(2,12)13/h9,11H,3-8,10H2,1-2H3. The SMILES string of the molecule is CCOCCC(CCCS(C)(=O)=O)NN. The molecule has 0 aromatic rings. The summed E-state index contributed by atoms with van der Waals surface area (Å²) in [5, 5.41) is 0. The summed E-state index contributed by atoms with van der Waals surface area (Å²) < 4.78 is 27.0. The lowest BCUT2D eigenvalue weighted by atomic mass is 10.1. The molecule has 0 aliphatic heterocycles. The summed E-state index contributed by atoms with van der Waals surface area (Å²) in [4.78, 5) is 0. The first-order chi connectivity index (χ1) is 6.99. The molecule has 0 radical (unpaired) electrons. The van der Waals surface area contributed by atoms with Gasteiger partial charge < -0.3 is 4.74 Å². The fraction of sp³-hybridized carbons (Fsp3) is 1.00. The Kier molecular flexibility index (Phi) is 7.95. The van der Waals surface area contributed by atoms with Gasteiger partial charge in [-0.2, -0.15) is 0 Å². The highest BCUT2D eigenvalue weighted by Gasteiger charge is 2.08. The maximum absolute atomic E-state index is 10.9. The number of nitrogens with one attached hydrogen (secondary N) is 1. The van der Waals surface area contributed by atoms with Gasteiger partial charge in [-0.05, 0) is 26.2 Å². The molecule has 0 aromatic heterocycles. The monoisotopic (exact) mass is 238 g/mol. The Balaban J connectivity index is 3.61. The Morgan fingerprint density at radius 2 is 2.07 bits per heavy atom. The van der Waals surface area contributed by atoms with Crippen molar-refractivity contribution >= 4 is 9.84 Å². The summed E-state index contributed by atoms with van der Waals surface area (Å²) in [5.41, 5.74) is 2.67. The molecule has 0 aromatic carbocycles. The minimum atomic E-state index is -2.85. The van der Waals surface area contributed by atoms with Crippen molar-refractivity contribution in [3.8, 4) is 0 Å². The van der Waals surface area contributed by atoms with Crippen LogP contribution >= 0.6 is 0 Å². The highest BCUT2D eigenvalue weighted by atomic mass is 32.2. The smallest absolute Gasteiger partial charge is 0.147 e. The van der Waals surface area contributed by atoms with Crippen molar-refractivity contribution < 1.29 is 13.2 Å². The van der Waals surface area contributed by atoms with Crippen LogP contribution in [-0.2, 0) is 14.6 Å². The molecule has 15 heavy (non-hydrogen) atoms. The molecule has 5 nitrogen and oxygen atoms in total. The molecule has 92 valence electrons. The summed E-state index contributed by atoms with van der Waals surface area (Å²) in [6.07, 6.45) is 3.46. The Hall–Kier alpha value is -0.170. The van der Waals surface area contributed by atoms with Gasteiger partial charge in [0.15, 0.2) is 0 Å². The maximum Gasteiger partial charge on any atom is 0.147 e. The first kappa shape index (κ1) is 14.8. The molecular weight excluding hydrogens is 216 g/mol. The van der Waals surface area contributed by atoms with Gasteiger partial charge in [0.2, 0.25) is 0 Å². The van der Waals surface area contributed by atoms with E-state index in [0.29, 0.717) is 19.6 Å². The highest BCUT2D eigenvalue weighted by Crippen LogP contribution is 2.03. The average molecular weight is 238 g/mol. The van der Waals surface area contributed by atoms with Crippen LogP contribution in [0, 0.1) is 0 Å². The number of nitrogens with two attached hydrogens (primary N) is 1. The lowest BCUT2D eigenvalue weighted by molar-refractivity contribution is 0.135. The van der Waals surface area contributed by atoms with Gasteiger partial charge in [-0.1, -0.05) is 0 Å². The largest absolute Gasteiger partial charge is 0.382 e. The quantitative estimate of drug-likeness (QED) is 0.337. The average Bonchev–Trinajstić information content (AvgIpc) is 2.14. The molecule has 0 amide bonds. The summed E-state index contributed by atoms with van der Waals surface area (Å²) in [6.45, 7) is 3.29. The Bertz CT molecular complexity index is 242. The Morgan fingerprint density at radius 1 is 1.40 bits per heavy atom. The second-order valence-electron chi connectivity index (χ2n) is 3.62. The van der Waals surface area contributed by atoms with Crippen molar-refractivity contribution in [1.29, 1.82) is 0 Å². The maximum atomic E-state index is 10.9. The summed E-state index contributed by atoms with van der Waals surface area (Å²) in [5.74, 6) is 5.57. The molecule has 0 bridgehead atoms. The van der Waals surface area contributed by atoms with Crippen LogP contribution in [0.5, 0.6) is 0 Å². The third kappa shape index (κ3) is 10.1. The number of ether oxygens (including phenoxy) is 1. The first-order valence-corrected chi connectivity index (χ1v) is 7.27. The van der Waals surface area contributed by atoms with Crippen LogP contribution in [0.1, 0.15) is 26.2 Å². The molecule has 0 rings (SSSR count). The summed E-state index contributed by atoms with van der Waals surface area (Å²) >= 11 is 0. The molecule has 0 saturated carbocycles. The molecule has 0 aliphatic rings. The van der Waals surface area contributed by atoms with E-state index in [1.54, 1.807) is 0 Å². The van der Waals surface area contributed by atoms with Crippen LogP contribution in [0.25, 0.3) is 0 Å². The van der Waals surface area contributed by atoms with Gasteiger partial charge in [-0.3, -0.25) is 11.3 Å². The molecule has 0 saturated heterocycles. The molecule has 0 spiro atoms. The minimum Gasteiger partial charge on any atom is -0.382 e. The third-order valence-electron chi connectivity index (χ3n) is 2.12. The van der Waals surface area contributed by atoms with Crippen molar-refractivity contribution in [2.75, 3.05) is 25.2 Å². The van der Waals surface area contributed by atoms with Crippen molar-refractivity contribution in [3.05, 3.63) is 0 Å². The van der Waals surface area contributed by atoms with E-state index in [1.165, 1.54) is 6.26 Å². The van der Waals surface area contributed by atoms with E-state index in [1.807, 2.05) is 6.92 Å². The number of hydrazine groups is 1. The lowest BCUT2D eigenvalue weighted by Gasteiger charge is -2.15. The molecule has 6 heteroatoms. The first-order valence-electron chi connectivity index (χ1n) is 5.21. The Labute approximate surface area is 92.3 Å². The van der Waals surface area contributed by atoms with E-state index >= 15 is 0 Å². The molecule has 1 atom stereocenters. The topological polar surface area (TPSA) is 81.4 Å². The lowest BCUT2D eigenvalue weighted by Crippen LogP contribution is -2.36. The van der Waals surface area contributed by atoms with E-state index < -0.39 is 9.84 Å². The molecule has 0 heterocycles. The molecular formula is C9H22N2O3S. The zero-order valence-corrected chi connectivity index (χ0v) is 10.3. The van der Waals surface area contributed by atoms with Gasteiger partial charge >= 0.3 is 0 Å². The van der Waals surface area contributed by atoms with Gasteiger partial charge in [0, 0.05) is 31.3 Å². The van der Waals surface area contributed by atoms with Gasteiger partial charge in [0.1, 0.15) is 9.84 Å². The van der Waals surface area contributed by atoms with Crippen LogP contribution in [0.4, 0.5) is 0 Å². The third-order valence-corrected chi connectivity index (χ3v) is 3.15. The number of hydrogen-bond acceptors (Lipinski definition) is 5. The van der Waals surface area contributed by atoms with Gasteiger partial charge in [-0.25, -0.2) is 8.42 Å². The van der Waals surface area contributed by atoms with E-state index in [-0.39, 0.29) is 11.8 Å². The van der Waals surface area contributed by atoms with Crippen LogP contribution in [0.2, 0.25) is 0 Å². The molecule has 0 fully saturated rings. The van der Waals surface area contributed by atoms with Gasteiger partial charge in [0.25, 0.3) is 0 Å². The summed E-state index contributed by atoms with van der Waals surface area (Å²) in [7, 11) is -2.85.